The summed E-state index contributed by atoms with van der Waals surface area (Å²) in [5, 5.41) is 7.92. The molecule has 0 bridgehead atoms. The summed E-state index contributed by atoms with van der Waals surface area (Å²) >= 11 is 2.27. The van der Waals surface area contributed by atoms with Gasteiger partial charge < -0.3 is 5.73 Å². The molecule has 1 heterocycles. The van der Waals surface area contributed by atoms with Crippen LogP contribution in [0.2, 0.25) is 0 Å². The molecule has 1 aromatic carbocycles. The van der Waals surface area contributed by atoms with Crippen LogP contribution in [0.15, 0.2) is 24.3 Å². The molecular weight excluding hydrogens is 303 g/mol. The normalized spacial score (nSPS) is 10.5. The van der Waals surface area contributed by atoms with Crippen molar-refractivity contribution in [2.45, 2.75) is 13.3 Å². The highest BCUT2D eigenvalue weighted by Crippen LogP contribution is 2.16. The number of benzene rings is 1. The fourth-order valence-corrected chi connectivity index (χ4v) is 1.99. The minimum absolute atomic E-state index is 0.511. The molecule has 15 heavy (non-hydrogen) atoms. The third kappa shape index (κ3) is 1.97. The van der Waals surface area contributed by atoms with Gasteiger partial charge in [0, 0.05) is 3.57 Å². The van der Waals surface area contributed by atoms with Crippen LogP contribution in [0.3, 0.4) is 0 Å². The summed E-state index contributed by atoms with van der Waals surface area (Å²) in [6, 6.07) is 8.08. The summed E-state index contributed by atoms with van der Waals surface area (Å²) in [5.74, 6) is 0.511. The standard InChI is InChI=1S/C10H11IN4/c1-2-9-10(12)13-14-15(9)8-5-3-4-7(11)6-8/h3-6H,2,12H2,1H3. The molecule has 4 nitrogen and oxygen atoms in total. The Labute approximate surface area is 102 Å². The number of nitrogens with two attached hydrogens (primary N) is 1. The first-order chi connectivity index (χ1) is 7.22. The first-order valence-electron chi connectivity index (χ1n) is 4.68. The number of halogens is 1. The van der Waals surface area contributed by atoms with E-state index >= 15 is 0 Å². The Morgan fingerprint density at radius 2 is 2.27 bits per heavy atom. The van der Waals surface area contributed by atoms with Gasteiger partial charge in [-0.05, 0) is 47.2 Å². The number of nitrogens with zero attached hydrogens (tertiary/aromatic N) is 3. The van der Waals surface area contributed by atoms with Crippen LogP contribution in [0.5, 0.6) is 0 Å². The Kier molecular flexibility index (Phi) is 2.90. The lowest BCUT2D eigenvalue weighted by Gasteiger charge is -2.04. The summed E-state index contributed by atoms with van der Waals surface area (Å²) in [5.41, 5.74) is 7.69. The highest BCUT2D eigenvalue weighted by Gasteiger charge is 2.09. The Morgan fingerprint density at radius 3 is 2.93 bits per heavy atom. The second kappa shape index (κ2) is 4.18. The number of nitrogen functional groups attached to an aromatic ring is 1. The van der Waals surface area contributed by atoms with Gasteiger partial charge in [-0.15, -0.1) is 5.10 Å². The molecule has 0 radical (unpaired) electrons. The predicted molar refractivity (Wildman–Crippen MR) is 67.9 cm³/mol. The minimum Gasteiger partial charge on any atom is -0.381 e. The van der Waals surface area contributed by atoms with Crippen LogP contribution in [0.4, 0.5) is 5.82 Å². The van der Waals surface area contributed by atoms with Crippen molar-refractivity contribution in [3.63, 3.8) is 0 Å². The average molecular weight is 314 g/mol. The zero-order valence-electron chi connectivity index (χ0n) is 8.31. The van der Waals surface area contributed by atoms with E-state index in [2.05, 4.69) is 32.9 Å². The van der Waals surface area contributed by atoms with Crippen molar-refractivity contribution < 1.29 is 0 Å². The van der Waals surface area contributed by atoms with Crippen LogP contribution in [0.25, 0.3) is 5.69 Å². The van der Waals surface area contributed by atoms with E-state index in [1.807, 2.05) is 31.2 Å². The molecule has 0 amide bonds. The second-order valence-corrected chi connectivity index (χ2v) is 4.41. The van der Waals surface area contributed by atoms with Crippen molar-refractivity contribution >= 4 is 28.4 Å². The lowest BCUT2D eigenvalue weighted by Crippen LogP contribution is -2.02. The number of hydrogen-bond donors (Lipinski definition) is 1. The van der Waals surface area contributed by atoms with E-state index in [1.54, 1.807) is 4.68 Å². The first-order valence-corrected chi connectivity index (χ1v) is 5.76. The molecule has 0 aliphatic heterocycles. The predicted octanol–water partition coefficient (Wildman–Crippen LogP) is 2.02. The fourth-order valence-electron chi connectivity index (χ4n) is 1.46. The Bertz CT molecular complexity index is 478. The van der Waals surface area contributed by atoms with Gasteiger partial charge >= 0.3 is 0 Å². The topological polar surface area (TPSA) is 56.7 Å². The summed E-state index contributed by atoms with van der Waals surface area (Å²) < 4.78 is 2.96. The average Bonchev–Trinajstić information content (AvgIpc) is 2.59. The van der Waals surface area contributed by atoms with Crippen molar-refractivity contribution in [1.82, 2.24) is 15.0 Å². The Hall–Kier alpha value is -1.11. The monoisotopic (exact) mass is 314 g/mol. The number of aromatic nitrogens is 3. The van der Waals surface area contributed by atoms with Gasteiger partial charge in [0.15, 0.2) is 5.82 Å². The third-order valence-corrected chi connectivity index (χ3v) is 2.85. The fraction of sp³-hybridized carbons (Fsp3) is 0.200. The van der Waals surface area contributed by atoms with Crippen LogP contribution >= 0.6 is 22.6 Å². The van der Waals surface area contributed by atoms with E-state index in [4.69, 9.17) is 5.73 Å². The molecule has 2 N–H and O–H groups in total. The lowest BCUT2D eigenvalue weighted by molar-refractivity contribution is 0.767. The van der Waals surface area contributed by atoms with Crippen molar-refractivity contribution in [2.24, 2.45) is 0 Å². The van der Waals surface area contributed by atoms with Crippen LogP contribution in [0, 0.1) is 3.57 Å². The molecule has 0 saturated heterocycles. The summed E-state index contributed by atoms with van der Waals surface area (Å²) in [4.78, 5) is 0. The quantitative estimate of drug-likeness (QED) is 0.863. The molecule has 0 saturated carbocycles. The molecule has 0 spiro atoms. The van der Waals surface area contributed by atoms with E-state index in [9.17, 15) is 0 Å². The van der Waals surface area contributed by atoms with Crippen LogP contribution in [0.1, 0.15) is 12.6 Å². The Morgan fingerprint density at radius 1 is 1.47 bits per heavy atom. The molecule has 1 aromatic heterocycles. The van der Waals surface area contributed by atoms with Crippen molar-refractivity contribution in [3.05, 3.63) is 33.5 Å². The van der Waals surface area contributed by atoms with E-state index in [1.165, 1.54) is 3.57 Å². The highest BCUT2D eigenvalue weighted by atomic mass is 127. The largest absolute Gasteiger partial charge is 0.381 e. The second-order valence-electron chi connectivity index (χ2n) is 3.17. The number of anilines is 1. The van der Waals surface area contributed by atoms with E-state index < -0.39 is 0 Å². The number of hydrogen-bond acceptors (Lipinski definition) is 3. The van der Waals surface area contributed by atoms with Gasteiger partial charge in [-0.1, -0.05) is 18.2 Å². The Balaban J connectivity index is 2.54. The van der Waals surface area contributed by atoms with Gasteiger partial charge in [-0.25, -0.2) is 4.68 Å². The number of rotatable bonds is 2. The van der Waals surface area contributed by atoms with Crippen LogP contribution in [-0.2, 0) is 6.42 Å². The summed E-state index contributed by atoms with van der Waals surface area (Å²) in [6.07, 6.45) is 0.824. The molecule has 0 unspecified atom stereocenters. The molecule has 2 rings (SSSR count). The van der Waals surface area contributed by atoms with E-state index in [0.717, 1.165) is 17.8 Å². The molecular formula is C10H11IN4. The highest BCUT2D eigenvalue weighted by molar-refractivity contribution is 14.1. The molecule has 2 aromatic rings. The van der Waals surface area contributed by atoms with Gasteiger partial charge in [-0.2, -0.15) is 0 Å². The zero-order valence-corrected chi connectivity index (χ0v) is 10.5. The van der Waals surface area contributed by atoms with Crippen molar-refractivity contribution in [1.29, 1.82) is 0 Å². The molecule has 0 fully saturated rings. The smallest absolute Gasteiger partial charge is 0.169 e. The maximum absolute atomic E-state index is 5.73. The van der Waals surface area contributed by atoms with E-state index in [0.29, 0.717) is 5.82 Å². The van der Waals surface area contributed by atoms with Crippen molar-refractivity contribution in [3.8, 4) is 5.69 Å². The maximum Gasteiger partial charge on any atom is 0.169 e. The SMILES string of the molecule is CCc1c(N)nnn1-c1cccc(I)c1. The van der Waals surface area contributed by atoms with Gasteiger partial charge in [0.2, 0.25) is 0 Å². The maximum atomic E-state index is 5.73. The zero-order chi connectivity index (χ0) is 10.8. The molecule has 78 valence electrons. The van der Waals surface area contributed by atoms with Gasteiger partial charge in [0.1, 0.15) is 0 Å². The minimum atomic E-state index is 0.511. The van der Waals surface area contributed by atoms with Crippen LogP contribution < -0.4 is 5.73 Å². The lowest BCUT2D eigenvalue weighted by atomic mass is 10.3. The van der Waals surface area contributed by atoms with Gasteiger partial charge in [0.25, 0.3) is 0 Å². The first kappa shape index (κ1) is 10.4. The van der Waals surface area contributed by atoms with E-state index in [-0.39, 0.29) is 0 Å². The summed E-state index contributed by atoms with van der Waals surface area (Å²) in [6.45, 7) is 2.04. The molecule has 5 heteroatoms. The van der Waals surface area contributed by atoms with Gasteiger partial charge in [-0.3, -0.25) is 0 Å². The summed E-state index contributed by atoms with van der Waals surface area (Å²) in [7, 11) is 0. The third-order valence-electron chi connectivity index (χ3n) is 2.18. The molecule has 0 atom stereocenters. The van der Waals surface area contributed by atoms with Crippen molar-refractivity contribution in [2.75, 3.05) is 5.73 Å². The van der Waals surface area contributed by atoms with Gasteiger partial charge in [0.05, 0.1) is 11.4 Å². The molecule has 0 aliphatic rings. The van der Waals surface area contributed by atoms with Crippen LogP contribution in [-0.4, -0.2) is 15.0 Å². The molecule has 0 aliphatic carbocycles.